The van der Waals surface area contributed by atoms with E-state index in [1.165, 1.54) is 0 Å². The molecule has 6 heavy (non-hydrogen) atoms. The molecule has 0 rings (SSSR count). The lowest BCUT2D eigenvalue weighted by molar-refractivity contribution is 0.414. The molecule has 0 aliphatic carbocycles. The number of allylic oxidation sites excluding steroid dienone is 1. The van der Waals surface area contributed by atoms with Crippen LogP contribution < -0.4 is 11.7 Å². The first-order valence-electron chi connectivity index (χ1n) is 1.69. The first-order valence-corrected chi connectivity index (χ1v) is 1.69. The second-order valence-electron chi connectivity index (χ2n) is 0.930. The number of hydrazine groups is 2. The van der Waals surface area contributed by atoms with E-state index in [9.17, 15) is 0 Å². The molecular weight excluding hydrogens is 78.1 g/mol. The van der Waals surface area contributed by atoms with E-state index in [-0.39, 0.29) is 0 Å². The minimum absolute atomic E-state index is 1.00. The van der Waals surface area contributed by atoms with Gasteiger partial charge in [0.1, 0.15) is 0 Å². The van der Waals surface area contributed by atoms with Crippen LogP contribution in [0.2, 0.25) is 0 Å². The second kappa shape index (κ2) is 2.68. The molecule has 4 N–H and O–H groups in total. The van der Waals surface area contributed by atoms with Gasteiger partial charge in [-0.15, -0.1) is 0 Å². The Morgan fingerprint density at radius 2 is 2.00 bits per heavy atom. The Morgan fingerprint density at radius 3 is 2.00 bits per heavy atom. The van der Waals surface area contributed by atoms with E-state index in [4.69, 9.17) is 11.7 Å². The Bertz CT molecular complexity index is 48.0. The van der Waals surface area contributed by atoms with Crippen LogP contribution >= 0.6 is 0 Å². The Kier molecular flexibility index (Phi) is 2.44. The van der Waals surface area contributed by atoms with Crippen molar-refractivity contribution in [3.05, 3.63) is 12.3 Å². The SMILES string of the molecule is CC=CN(N)N. The van der Waals surface area contributed by atoms with Crippen LogP contribution in [0.4, 0.5) is 0 Å². The van der Waals surface area contributed by atoms with Crippen molar-refractivity contribution >= 4 is 0 Å². The molecule has 0 unspecified atom stereocenters. The van der Waals surface area contributed by atoms with Crippen molar-refractivity contribution in [1.29, 1.82) is 0 Å². The van der Waals surface area contributed by atoms with Gasteiger partial charge in [-0.05, 0) is 6.92 Å². The Balaban J connectivity index is 3.03. The first kappa shape index (κ1) is 5.46. The smallest absolute Gasteiger partial charge is 0.0292 e. The maximum absolute atomic E-state index is 4.93. The van der Waals surface area contributed by atoms with Gasteiger partial charge >= 0.3 is 0 Å². The van der Waals surface area contributed by atoms with Crippen molar-refractivity contribution in [2.24, 2.45) is 11.7 Å². The predicted molar refractivity (Wildman–Crippen MR) is 25.0 cm³/mol. The molecular formula is C3H9N3. The van der Waals surface area contributed by atoms with E-state index < -0.39 is 0 Å². The molecule has 0 aromatic carbocycles. The monoisotopic (exact) mass is 87.1 g/mol. The van der Waals surface area contributed by atoms with E-state index >= 15 is 0 Å². The van der Waals surface area contributed by atoms with Gasteiger partial charge in [0.05, 0.1) is 0 Å². The van der Waals surface area contributed by atoms with Gasteiger partial charge in [0.15, 0.2) is 0 Å². The summed E-state index contributed by atoms with van der Waals surface area (Å²) < 4.78 is 0. The van der Waals surface area contributed by atoms with Crippen LogP contribution in [0.3, 0.4) is 0 Å². The molecule has 0 saturated carbocycles. The fourth-order valence-corrected chi connectivity index (χ4v) is 0.172. The standard InChI is InChI=1S/C3H9N3/c1-2-3-6(4)5/h2-3H,4-5H2,1H3. The fraction of sp³-hybridized carbons (Fsp3) is 0.333. The van der Waals surface area contributed by atoms with Crippen molar-refractivity contribution in [2.45, 2.75) is 6.92 Å². The quantitative estimate of drug-likeness (QED) is 0.337. The first-order chi connectivity index (χ1) is 2.77. The maximum Gasteiger partial charge on any atom is 0.0292 e. The summed E-state index contributed by atoms with van der Waals surface area (Å²) in [5.74, 6) is 9.85. The van der Waals surface area contributed by atoms with Crippen LogP contribution in [-0.4, -0.2) is 5.12 Å². The van der Waals surface area contributed by atoms with E-state index in [0.29, 0.717) is 0 Å². The van der Waals surface area contributed by atoms with Crippen molar-refractivity contribution in [1.82, 2.24) is 5.12 Å². The topological polar surface area (TPSA) is 55.3 Å². The van der Waals surface area contributed by atoms with Gasteiger partial charge in [-0.25, -0.2) is 11.7 Å². The number of rotatable bonds is 1. The van der Waals surface area contributed by atoms with E-state index in [1.54, 1.807) is 12.3 Å². The van der Waals surface area contributed by atoms with Crippen LogP contribution in [0.5, 0.6) is 0 Å². The third kappa shape index (κ3) is 3.46. The van der Waals surface area contributed by atoms with Gasteiger partial charge in [0.2, 0.25) is 0 Å². The van der Waals surface area contributed by atoms with Gasteiger partial charge in [0, 0.05) is 6.20 Å². The highest BCUT2D eigenvalue weighted by Gasteiger charge is 1.65. The van der Waals surface area contributed by atoms with Crippen LogP contribution in [0.1, 0.15) is 6.92 Å². The number of nitrogens with zero attached hydrogens (tertiary/aromatic N) is 1. The lowest BCUT2D eigenvalue weighted by atomic mass is 10.7. The average molecular weight is 87.1 g/mol. The second-order valence-corrected chi connectivity index (χ2v) is 0.930. The van der Waals surface area contributed by atoms with Crippen molar-refractivity contribution in [2.75, 3.05) is 0 Å². The zero-order valence-electron chi connectivity index (χ0n) is 3.76. The average Bonchev–Trinajstić information content (AvgIpc) is 1.35. The van der Waals surface area contributed by atoms with E-state index in [1.807, 2.05) is 6.92 Å². The zero-order valence-corrected chi connectivity index (χ0v) is 3.76. The summed E-state index contributed by atoms with van der Waals surface area (Å²) in [6.45, 7) is 1.84. The number of hydrogen-bond donors (Lipinski definition) is 2. The molecule has 0 aromatic heterocycles. The molecule has 0 spiro atoms. The van der Waals surface area contributed by atoms with Gasteiger partial charge in [-0.3, -0.25) is 5.12 Å². The Labute approximate surface area is 37.2 Å². The fourth-order valence-electron chi connectivity index (χ4n) is 0.172. The normalized spacial score (nSPS) is 9.83. The van der Waals surface area contributed by atoms with Gasteiger partial charge < -0.3 is 0 Å². The van der Waals surface area contributed by atoms with Crippen LogP contribution in [-0.2, 0) is 0 Å². The van der Waals surface area contributed by atoms with Crippen molar-refractivity contribution < 1.29 is 0 Å². The summed E-state index contributed by atoms with van der Waals surface area (Å²) in [7, 11) is 0. The van der Waals surface area contributed by atoms with Gasteiger partial charge in [-0.1, -0.05) is 6.08 Å². The van der Waals surface area contributed by atoms with Crippen LogP contribution in [0, 0.1) is 0 Å². The number of nitrogens with two attached hydrogens (primary N) is 2. The van der Waals surface area contributed by atoms with Gasteiger partial charge in [0.25, 0.3) is 0 Å². The molecule has 36 valence electrons. The Morgan fingerprint density at radius 1 is 1.50 bits per heavy atom. The number of hydrogen-bond acceptors (Lipinski definition) is 3. The molecule has 0 aliphatic heterocycles. The molecule has 0 atom stereocenters. The molecule has 3 heteroatoms. The minimum atomic E-state index is 1.00. The summed E-state index contributed by atoms with van der Waals surface area (Å²) in [5, 5.41) is 1.00. The van der Waals surface area contributed by atoms with Crippen LogP contribution in [0.25, 0.3) is 0 Å². The lowest BCUT2D eigenvalue weighted by Gasteiger charge is -1.99. The molecule has 0 bridgehead atoms. The van der Waals surface area contributed by atoms with Crippen LogP contribution in [0.15, 0.2) is 12.3 Å². The minimum Gasteiger partial charge on any atom is -0.255 e. The summed E-state index contributed by atoms with van der Waals surface area (Å²) in [6, 6.07) is 0. The van der Waals surface area contributed by atoms with E-state index in [0.717, 1.165) is 5.12 Å². The molecule has 3 nitrogen and oxygen atoms in total. The van der Waals surface area contributed by atoms with Crippen molar-refractivity contribution in [3.63, 3.8) is 0 Å². The molecule has 0 aromatic rings. The molecule has 0 amide bonds. The lowest BCUT2D eigenvalue weighted by Crippen LogP contribution is -2.31. The zero-order chi connectivity index (χ0) is 4.99. The van der Waals surface area contributed by atoms with E-state index in [2.05, 4.69) is 0 Å². The Hall–Kier alpha value is -0.540. The third-order valence-corrected chi connectivity index (χ3v) is 0.321. The third-order valence-electron chi connectivity index (χ3n) is 0.321. The van der Waals surface area contributed by atoms with Gasteiger partial charge in [-0.2, -0.15) is 0 Å². The maximum atomic E-state index is 4.93. The molecule has 0 fully saturated rings. The predicted octanol–water partition coefficient (Wildman–Crippen LogP) is -0.431. The molecule has 0 aliphatic rings. The molecule has 0 saturated heterocycles. The highest BCUT2D eigenvalue weighted by atomic mass is 15.6. The summed E-state index contributed by atoms with van der Waals surface area (Å²) in [6.07, 6.45) is 3.31. The largest absolute Gasteiger partial charge is 0.255 e. The summed E-state index contributed by atoms with van der Waals surface area (Å²) >= 11 is 0. The highest BCUT2D eigenvalue weighted by molar-refractivity contribution is 4.70. The summed E-state index contributed by atoms with van der Waals surface area (Å²) in [4.78, 5) is 0. The van der Waals surface area contributed by atoms with Crippen molar-refractivity contribution in [3.8, 4) is 0 Å². The summed E-state index contributed by atoms with van der Waals surface area (Å²) in [5.41, 5.74) is 0. The highest BCUT2D eigenvalue weighted by Crippen LogP contribution is 1.63. The molecule has 0 heterocycles. The molecule has 0 radical (unpaired) electrons.